The summed E-state index contributed by atoms with van der Waals surface area (Å²) in [5.41, 5.74) is 5.16. The number of aryl methyl sites for hydroxylation is 1. The molecule has 144 valence electrons. The lowest BCUT2D eigenvalue weighted by atomic mass is 9.77. The zero-order valence-electron chi connectivity index (χ0n) is 16.3. The lowest BCUT2D eigenvalue weighted by Crippen LogP contribution is -2.28. The summed E-state index contributed by atoms with van der Waals surface area (Å²) < 4.78 is 18.9. The van der Waals surface area contributed by atoms with E-state index in [-0.39, 0.29) is 23.6 Å². The third-order valence-corrected chi connectivity index (χ3v) is 5.51. The number of allylic oxidation sites excluding steroid dienone is 2. The summed E-state index contributed by atoms with van der Waals surface area (Å²) in [4.78, 5) is 11.7. The number of fused-ring (bicyclic) bond motifs is 3. The highest BCUT2D eigenvalue weighted by Crippen LogP contribution is 2.45. The molecule has 4 nitrogen and oxygen atoms in total. The summed E-state index contributed by atoms with van der Waals surface area (Å²) in [5.74, 6) is 0.749. The number of benzene rings is 2. The van der Waals surface area contributed by atoms with Crippen LogP contribution in [0.1, 0.15) is 43.0 Å². The molecule has 2 atom stereocenters. The monoisotopic (exact) mass is 378 g/mol. The van der Waals surface area contributed by atoms with E-state index in [4.69, 9.17) is 9.84 Å². The van der Waals surface area contributed by atoms with Gasteiger partial charge in [0.2, 0.25) is 0 Å². The molecule has 0 saturated carbocycles. The molecule has 0 amide bonds. The van der Waals surface area contributed by atoms with E-state index in [2.05, 4.69) is 12.1 Å². The summed E-state index contributed by atoms with van der Waals surface area (Å²) in [6, 6.07) is 12.6. The van der Waals surface area contributed by atoms with Crippen molar-refractivity contribution in [2.24, 2.45) is 11.0 Å². The Labute approximate surface area is 164 Å². The van der Waals surface area contributed by atoms with Gasteiger partial charge in [-0.05, 0) is 68.1 Å². The lowest BCUT2D eigenvalue weighted by Gasteiger charge is -2.31. The Morgan fingerprint density at radius 3 is 2.64 bits per heavy atom. The summed E-state index contributed by atoms with van der Waals surface area (Å²) >= 11 is 0. The first-order valence-corrected chi connectivity index (χ1v) is 9.47. The lowest BCUT2D eigenvalue weighted by molar-refractivity contribution is -0.112. The molecular weight excluding hydrogens is 355 g/mol. The predicted molar refractivity (Wildman–Crippen MR) is 107 cm³/mol. The summed E-state index contributed by atoms with van der Waals surface area (Å²) in [5, 5.41) is 6.86. The van der Waals surface area contributed by atoms with E-state index in [0.717, 1.165) is 41.1 Å². The van der Waals surface area contributed by atoms with Crippen molar-refractivity contribution in [3.05, 3.63) is 76.7 Å². The Balaban J connectivity index is 1.81. The minimum atomic E-state index is -0.258. The van der Waals surface area contributed by atoms with Crippen molar-refractivity contribution in [1.82, 2.24) is 5.01 Å². The fraction of sp³-hybridized carbons (Fsp3) is 0.304. The molecule has 0 fully saturated rings. The normalized spacial score (nSPS) is 21.1. The molecule has 4 rings (SSSR count). The van der Waals surface area contributed by atoms with Crippen LogP contribution in [0, 0.1) is 11.7 Å². The first kappa shape index (κ1) is 18.4. The van der Waals surface area contributed by atoms with E-state index in [9.17, 15) is 9.18 Å². The molecule has 0 spiro atoms. The number of halogens is 1. The van der Waals surface area contributed by atoms with Gasteiger partial charge >= 0.3 is 0 Å². The van der Waals surface area contributed by atoms with Gasteiger partial charge in [-0.1, -0.05) is 12.1 Å². The van der Waals surface area contributed by atoms with Crippen molar-refractivity contribution in [3.8, 4) is 5.75 Å². The second-order valence-electron chi connectivity index (χ2n) is 7.39. The van der Waals surface area contributed by atoms with Crippen LogP contribution in [-0.2, 0) is 11.2 Å². The first-order chi connectivity index (χ1) is 13.5. The Morgan fingerprint density at radius 1 is 1.21 bits per heavy atom. The van der Waals surface area contributed by atoms with E-state index in [0.29, 0.717) is 0 Å². The second-order valence-corrected chi connectivity index (χ2v) is 7.39. The number of hydrazone groups is 1. The highest BCUT2D eigenvalue weighted by atomic mass is 19.1. The van der Waals surface area contributed by atoms with Crippen molar-refractivity contribution in [3.63, 3.8) is 0 Å². The van der Waals surface area contributed by atoms with Crippen LogP contribution in [0.15, 0.2) is 59.3 Å². The molecule has 0 N–H and O–H groups in total. The summed E-state index contributed by atoms with van der Waals surface area (Å²) in [6.07, 6.45) is 3.47. The molecular formula is C23H23FN2O2. The number of methoxy groups -OCH3 is 1. The van der Waals surface area contributed by atoms with Gasteiger partial charge in [-0.15, -0.1) is 0 Å². The van der Waals surface area contributed by atoms with Gasteiger partial charge in [0.25, 0.3) is 0 Å². The predicted octanol–water partition coefficient (Wildman–Crippen LogP) is 4.65. The van der Waals surface area contributed by atoms with E-state index in [1.54, 1.807) is 13.2 Å². The number of hydrogen-bond acceptors (Lipinski definition) is 4. The molecule has 1 heterocycles. The maximum absolute atomic E-state index is 13.5. The Morgan fingerprint density at radius 2 is 1.96 bits per heavy atom. The molecule has 0 bridgehead atoms. The standard InChI is InChI=1S/C23H23FN2O2/c1-14(12-15(2)27)26-23(16-4-7-18(24)8-5-16)21-10-6-17-13-19(28-3)9-11-20(17)22(21)25-26/h4-5,7-9,11-13,21,23H,6,10H2,1-3H3/b14-12-/t21-,23+/m0/s1. The average molecular weight is 378 g/mol. The maximum atomic E-state index is 13.5. The smallest absolute Gasteiger partial charge is 0.154 e. The molecule has 2 aliphatic rings. The minimum absolute atomic E-state index is 0.0180. The Kier molecular flexibility index (Phi) is 4.75. The molecule has 28 heavy (non-hydrogen) atoms. The van der Waals surface area contributed by atoms with Crippen molar-refractivity contribution in [2.45, 2.75) is 32.7 Å². The number of nitrogens with zero attached hydrogens (tertiary/aromatic N) is 2. The van der Waals surface area contributed by atoms with E-state index < -0.39 is 0 Å². The van der Waals surface area contributed by atoms with Crippen LogP contribution in [0.4, 0.5) is 4.39 Å². The van der Waals surface area contributed by atoms with Crippen LogP contribution >= 0.6 is 0 Å². The van der Waals surface area contributed by atoms with Gasteiger partial charge in [-0.3, -0.25) is 9.80 Å². The maximum Gasteiger partial charge on any atom is 0.154 e. The van der Waals surface area contributed by atoms with Crippen molar-refractivity contribution in [1.29, 1.82) is 0 Å². The van der Waals surface area contributed by atoms with Gasteiger partial charge in [0.1, 0.15) is 11.6 Å². The number of carbonyl (C=O) groups excluding carboxylic acids is 1. The molecule has 2 aromatic carbocycles. The van der Waals surface area contributed by atoms with Gasteiger partial charge < -0.3 is 4.74 Å². The molecule has 1 aliphatic carbocycles. The quantitative estimate of drug-likeness (QED) is 0.727. The van der Waals surface area contributed by atoms with Gasteiger partial charge in [-0.2, -0.15) is 5.10 Å². The average Bonchev–Trinajstić information content (AvgIpc) is 3.07. The van der Waals surface area contributed by atoms with Gasteiger partial charge in [0.15, 0.2) is 5.78 Å². The van der Waals surface area contributed by atoms with Gasteiger partial charge in [-0.25, -0.2) is 4.39 Å². The number of carbonyl (C=O) groups is 1. The van der Waals surface area contributed by atoms with Crippen molar-refractivity contribution < 1.29 is 13.9 Å². The highest BCUT2D eigenvalue weighted by molar-refractivity contribution is 6.06. The fourth-order valence-corrected chi connectivity index (χ4v) is 4.28. The summed E-state index contributed by atoms with van der Waals surface area (Å²) in [6.45, 7) is 3.43. The molecule has 1 aliphatic heterocycles. The fourth-order valence-electron chi connectivity index (χ4n) is 4.28. The van der Waals surface area contributed by atoms with Gasteiger partial charge in [0.05, 0.1) is 18.9 Å². The number of hydrogen-bond donors (Lipinski definition) is 0. The van der Waals surface area contributed by atoms with Crippen molar-refractivity contribution in [2.75, 3.05) is 7.11 Å². The van der Waals surface area contributed by atoms with Crippen LogP contribution in [0.2, 0.25) is 0 Å². The van der Waals surface area contributed by atoms with E-state index >= 15 is 0 Å². The topological polar surface area (TPSA) is 41.9 Å². The molecule has 2 aromatic rings. The van der Waals surface area contributed by atoms with Crippen molar-refractivity contribution >= 4 is 11.5 Å². The molecule has 0 unspecified atom stereocenters. The first-order valence-electron chi connectivity index (χ1n) is 9.47. The van der Waals surface area contributed by atoms with Crippen LogP contribution < -0.4 is 4.74 Å². The molecule has 0 saturated heterocycles. The third-order valence-electron chi connectivity index (χ3n) is 5.51. The van der Waals surface area contributed by atoms with Gasteiger partial charge in [0, 0.05) is 23.3 Å². The van der Waals surface area contributed by atoms with Crippen LogP contribution in [0.3, 0.4) is 0 Å². The molecule has 0 aromatic heterocycles. The van der Waals surface area contributed by atoms with E-state index in [1.165, 1.54) is 24.6 Å². The second kappa shape index (κ2) is 7.23. The number of rotatable bonds is 4. The third kappa shape index (κ3) is 3.21. The van der Waals surface area contributed by atoms with Crippen LogP contribution in [-0.4, -0.2) is 23.6 Å². The number of ether oxygens (including phenoxy) is 1. The minimum Gasteiger partial charge on any atom is -0.497 e. The zero-order valence-corrected chi connectivity index (χ0v) is 16.3. The Bertz CT molecular complexity index is 979. The molecule has 5 heteroatoms. The SMILES string of the molecule is COc1ccc2c(c1)CC[C@H]1C2=NN(/C(C)=C\C(C)=O)[C@@H]1c1ccc(F)cc1. The summed E-state index contributed by atoms with van der Waals surface area (Å²) in [7, 11) is 1.67. The highest BCUT2D eigenvalue weighted by Gasteiger charge is 2.42. The largest absolute Gasteiger partial charge is 0.497 e. The van der Waals surface area contributed by atoms with Crippen LogP contribution in [0.5, 0.6) is 5.75 Å². The number of ketones is 1. The zero-order chi connectivity index (χ0) is 19.8. The molecule has 0 radical (unpaired) electrons. The van der Waals surface area contributed by atoms with E-state index in [1.807, 2.05) is 30.1 Å². The van der Waals surface area contributed by atoms with Crippen LogP contribution in [0.25, 0.3) is 0 Å². The Hall–Kier alpha value is -2.95.